The van der Waals surface area contributed by atoms with E-state index in [9.17, 15) is 9.59 Å². The molecule has 49 heavy (non-hydrogen) atoms. The lowest BCUT2D eigenvalue weighted by Crippen LogP contribution is -2.27. The van der Waals surface area contributed by atoms with Gasteiger partial charge in [-0.15, -0.1) is 0 Å². The molecule has 0 aliphatic heterocycles. The zero-order valence-corrected chi connectivity index (χ0v) is 32.7. The highest BCUT2D eigenvalue weighted by Gasteiger charge is 2.13. The van der Waals surface area contributed by atoms with Crippen molar-refractivity contribution in [3.63, 3.8) is 0 Å². The summed E-state index contributed by atoms with van der Waals surface area (Å²) in [6.07, 6.45) is 32.1. The van der Waals surface area contributed by atoms with E-state index in [0.717, 1.165) is 50.9 Å². The van der Waals surface area contributed by atoms with Gasteiger partial charge < -0.3 is 14.4 Å². The fraction of sp³-hybridized carbons (Fsp3) is 0.818. The van der Waals surface area contributed by atoms with Gasteiger partial charge in [0.25, 0.3) is 0 Å². The molecule has 1 atom stereocenters. The van der Waals surface area contributed by atoms with Crippen LogP contribution in [0.1, 0.15) is 200 Å². The molecule has 1 aromatic carbocycles. The topological polar surface area (TPSA) is 55.8 Å². The average molecular weight is 686 g/mol. The maximum Gasteiger partial charge on any atom is 0.306 e. The van der Waals surface area contributed by atoms with Crippen LogP contribution in [0.4, 0.5) is 0 Å². The number of hydrogen-bond acceptors (Lipinski definition) is 5. The van der Waals surface area contributed by atoms with Crippen LogP contribution >= 0.6 is 0 Å². The molecule has 0 amide bonds. The minimum Gasteiger partial charge on any atom is -0.465 e. The summed E-state index contributed by atoms with van der Waals surface area (Å²) in [7, 11) is 0. The Balaban J connectivity index is 2.25. The van der Waals surface area contributed by atoms with Crippen LogP contribution in [0.5, 0.6) is 0 Å². The third-order valence-corrected chi connectivity index (χ3v) is 9.94. The van der Waals surface area contributed by atoms with Gasteiger partial charge in [0.15, 0.2) is 0 Å². The van der Waals surface area contributed by atoms with Crippen molar-refractivity contribution in [2.75, 3.05) is 26.2 Å². The minimum atomic E-state index is -0.0920. The van der Waals surface area contributed by atoms with Gasteiger partial charge >= 0.3 is 11.9 Å². The Hall–Kier alpha value is -1.88. The maximum absolute atomic E-state index is 12.5. The van der Waals surface area contributed by atoms with Gasteiger partial charge in [-0.3, -0.25) is 9.59 Å². The van der Waals surface area contributed by atoms with Crippen LogP contribution in [0.25, 0.3) is 0 Å². The van der Waals surface area contributed by atoms with Crippen LogP contribution in [0, 0.1) is 5.92 Å². The summed E-state index contributed by atoms with van der Waals surface area (Å²) in [6.45, 7) is 11.2. The van der Waals surface area contributed by atoms with E-state index in [2.05, 4.69) is 25.7 Å². The first kappa shape index (κ1) is 45.1. The summed E-state index contributed by atoms with van der Waals surface area (Å²) in [5, 5.41) is 0. The zero-order chi connectivity index (χ0) is 35.5. The normalized spacial score (nSPS) is 12.0. The van der Waals surface area contributed by atoms with Gasteiger partial charge in [-0.1, -0.05) is 167 Å². The third-order valence-electron chi connectivity index (χ3n) is 9.94. The quantitative estimate of drug-likeness (QED) is 0.0520. The molecule has 1 rings (SSSR count). The SMILES string of the molecule is CCCCCCCCC(CCCCCC)COC(=O)CCCCCCCN(CCCCCCCC)CCCCC(=O)OCc1ccccc1. The number of esters is 2. The van der Waals surface area contributed by atoms with Gasteiger partial charge in [0.05, 0.1) is 6.61 Å². The van der Waals surface area contributed by atoms with Gasteiger partial charge in [0.2, 0.25) is 0 Å². The maximum atomic E-state index is 12.5. The van der Waals surface area contributed by atoms with Gasteiger partial charge in [-0.05, 0) is 76.1 Å². The Bertz CT molecular complexity index is 860. The predicted octanol–water partition coefficient (Wildman–Crippen LogP) is 12.8. The summed E-state index contributed by atoms with van der Waals surface area (Å²) in [5.41, 5.74) is 1.04. The second-order valence-corrected chi connectivity index (χ2v) is 14.7. The summed E-state index contributed by atoms with van der Waals surface area (Å²) in [4.78, 5) is 27.4. The van der Waals surface area contributed by atoms with Crippen molar-refractivity contribution < 1.29 is 19.1 Å². The van der Waals surface area contributed by atoms with Crippen molar-refractivity contribution in [3.05, 3.63) is 35.9 Å². The highest BCUT2D eigenvalue weighted by Crippen LogP contribution is 2.20. The molecule has 0 aliphatic rings. The lowest BCUT2D eigenvalue weighted by molar-refractivity contribution is -0.146. The molecule has 0 aliphatic carbocycles. The Morgan fingerprint density at radius 1 is 0.510 bits per heavy atom. The summed E-state index contributed by atoms with van der Waals surface area (Å²) >= 11 is 0. The molecule has 0 heterocycles. The van der Waals surface area contributed by atoms with Gasteiger partial charge in [0, 0.05) is 12.8 Å². The molecule has 5 heteroatoms. The van der Waals surface area contributed by atoms with Crippen molar-refractivity contribution in [2.24, 2.45) is 5.92 Å². The van der Waals surface area contributed by atoms with Crippen LogP contribution in [0.15, 0.2) is 30.3 Å². The van der Waals surface area contributed by atoms with E-state index < -0.39 is 0 Å². The molecule has 0 bridgehead atoms. The fourth-order valence-corrected chi connectivity index (χ4v) is 6.67. The summed E-state index contributed by atoms with van der Waals surface area (Å²) in [5.74, 6) is 0.459. The Morgan fingerprint density at radius 3 is 1.47 bits per heavy atom. The van der Waals surface area contributed by atoms with E-state index in [0.29, 0.717) is 32.0 Å². The second kappa shape index (κ2) is 34.6. The lowest BCUT2D eigenvalue weighted by Gasteiger charge is -2.22. The molecular weight excluding hydrogens is 606 g/mol. The van der Waals surface area contributed by atoms with E-state index in [-0.39, 0.29) is 11.9 Å². The molecule has 0 spiro atoms. The number of nitrogens with zero attached hydrogens (tertiary/aromatic N) is 1. The van der Waals surface area contributed by atoms with E-state index in [4.69, 9.17) is 9.47 Å². The first-order valence-corrected chi connectivity index (χ1v) is 21.2. The van der Waals surface area contributed by atoms with Crippen LogP contribution < -0.4 is 0 Å². The molecule has 1 aromatic rings. The number of carbonyl (C=O) groups is 2. The van der Waals surface area contributed by atoms with Crippen molar-refractivity contribution in [2.45, 2.75) is 201 Å². The number of unbranched alkanes of at least 4 members (excludes halogenated alkanes) is 18. The Labute approximate surface area is 304 Å². The number of hydrogen-bond donors (Lipinski definition) is 0. The second-order valence-electron chi connectivity index (χ2n) is 14.7. The van der Waals surface area contributed by atoms with Crippen molar-refractivity contribution in [1.29, 1.82) is 0 Å². The van der Waals surface area contributed by atoms with Gasteiger partial charge in [-0.25, -0.2) is 0 Å². The van der Waals surface area contributed by atoms with Crippen LogP contribution in [-0.4, -0.2) is 43.1 Å². The highest BCUT2D eigenvalue weighted by atomic mass is 16.5. The zero-order valence-electron chi connectivity index (χ0n) is 32.7. The highest BCUT2D eigenvalue weighted by molar-refractivity contribution is 5.69. The number of ether oxygens (including phenoxy) is 2. The first-order chi connectivity index (χ1) is 24.1. The van der Waals surface area contributed by atoms with Crippen molar-refractivity contribution in [3.8, 4) is 0 Å². The largest absolute Gasteiger partial charge is 0.465 e. The van der Waals surface area contributed by atoms with E-state index in [1.165, 1.54) is 135 Å². The predicted molar refractivity (Wildman–Crippen MR) is 209 cm³/mol. The number of benzene rings is 1. The van der Waals surface area contributed by atoms with Gasteiger partial charge in [-0.2, -0.15) is 0 Å². The molecule has 0 saturated heterocycles. The fourth-order valence-electron chi connectivity index (χ4n) is 6.67. The monoisotopic (exact) mass is 686 g/mol. The molecule has 5 nitrogen and oxygen atoms in total. The lowest BCUT2D eigenvalue weighted by atomic mass is 9.95. The molecule has 0 radical (unpaired) electrons. The molecule has 1 unspecified atom stereocenters. The smallest absolute Gasteiger partial charge is 0.306 e. The molecule has 0 N–H and O–H groups in total. The first-order valence-electron chi connectivity index (χ1n) is 21.2. The van der Waals surface area contributed by atoms with Crippen LogP contribution in [0.2, 0.25) is 0 Å². The molecule has 0 fully saturated rings. The number of carbonyl (C=O) groups excluding carboxylic acids is 2. The Kier molecular flexibility index (Phi) is 31.8. The Morgan fingerprint density at radius 2 is 0.918 bits per heavy atom. The van der Waals surface area contributed by atoms with Crippen LogP contribution in [-0.2, 0) is 25.7 Å². The average Bonchev–Trinajstić information content (AvgIpc) is 3.12. The summed E-state index contributed by atoms with van der Waals surface area (Å²) in [6, 6.07) is 9.91. The molecule has 284 valence electrons. The van der Waals surface area contributed by atoms with E-state index >= 15 is 0 Å². The molecular formula is C44H79NO4. The van der Waals surface area contributed by atoms with Crippen LogP contribution in [0.3, 0.4) is 0 Å². The van der Waals surface area contributed by atoms with Crippen molar-refractivity contribution in [1.82, 2.24) is 4.90 Å². The van der Waals surface area contributed by atoms with Crippen molar-refractivity contribution >= 4 is 11.9 Å². The molecule has 0 saturated carbocycles. The molecule has 0 aromatic heterocycles. The third kappa shape index (κ3) is 29.5. The van der Waals surface area contributed by atoms with E-state index in [1.807, 2.05) is 30.3 Å². The summed E-state index contributed by atoms with van der Waals surface area (Å²) < 4.78 is 11.3. The van der Waals surface area contributed by atoms with Gasteiger partial charge in [0.1, 0.15) is 6.61 Å². The standard InChI is InChI=1S/C44H79NO4/c1-4-7-10-13-16-22-31-41(30-21-12-9-6-3)39-48-43(46)34-25-17-15-19-28-37-45(36-27-18-14-11-8-5-2)38-29-26-35-44(47)49-40-42-32-23-20-24-33-42/h20,23-24,32-33,41H,4-19,21-22,25-31,34-40H2,1-3H3. The number of rotatable bonds is 36. The van der Waals surface area contributed by atoms with E-state index in [1.54, 1.807) is 0 Å². The minimum absolute atomic E-state index is 0.00978.